The number of imidazole rings is 1. The summed E-state index contributed by atoms with van der Waals surface area (Å²) < 4.78 is 15.1. The van der Waals surface area contributed by atoms with Crippen LogP contribution in [0.1, 0.15) is 31.7 Å². The van der Waals surface area contributed by atoms with Crippen molar-refractivity contribution < 1.29 is 9.18 Å². The third-order valence-corrected chi connectivity index (χ3v) is 5.10. The van der Waals surface area contributed by atoms with Gasteiger partial charge in [-0.3, -0.25) is 4.79 Å². The van der Waals surface area contributed by atoms with Gasteiger partial charge < -0.3 is 9.88 Å². The summed E-state index contributed by atoms with van der Waals surface area (Å²) in [6.07, 6.45) is 0.899. The van der Waals surface area contributed by atoms with Gasteiger partial charge in [-0.15, -0.1) is 0 Å². The van der Waals surface area contributed by atoms with E-state index in [0.29, 0.717) is 24.4 Å². The predicted molar refractivity (Wildman–Crippen MR) is 106 cm³/mol. The number of aromatic nitrogens is 2. The normalized spacial score (nSPS) is 11.7. The molecular weight excluding hydrogens is 365 g/mol. The molecule has 0 bridgehead atoms. The molecule has 3 aromatic rings. The highest BCUT2D eigenvalue weighted by Gasteiger charge is 2.21. The molecule has 1 N–H and O–H groups in total. The van der Waals surface area contributed by atoms with Crippen molar-refractivity contribution >= 4 is 28.5 Å². The molecule has 0 fully saturated rings. The summed E-state index contributed by atoms with van der Waals surface area (Å²) in [7, 11) is 1.94. The molecule has 0 atom stereocenters. The van der Waals surface area contributed by atoms with Crippen LogP contribution in [0.3, 0.4) is 0 Å². The molecule has 27 heavy (non-hydrogen) atoms. The Balaban J connectivity index is 1.58. The van der Waals surface area contributed by atoms with E-state index in [1.807, 2.05) is 43.7 Å². The molecule has 0 aliphatic carbocycles. The van der Waals surface area contributed by atoms with Crippen molar-refractivity contribution in [3.8, 4) is 0 Å². The first kappa shape index (κ1) is 19.4. The molecule has 0 saturated heterocycles. The Morgan fingerprint density at radius 2 is 1.93 bits per heavy atom. The largest absolute Gasteiger partial charge is 0.355 e. The third kappa shape index (κ3) is 4.48. The first-order valence-electron chi connectivity index (χ1n) is 8.90. The lowest BCUT2D eigenvalue weighted by Gasteiger charge is -2.25. The molecule has 1 aromatic heterocycles. The molecule has 6 heteroatoms. The van der Waals surface area contributed by atoms with Gasteiger partial charge in [-0.1, -0.05) is 37.6 Å². The zero-order chi connectivity index (χ0) is 19.6. The van der Waals surface area contributed by atoms with Gasteiger partial charge in [0.15, 0.2) is 0 Å². The molecule has 0 radical (unpaired) electrons. The summed E-state index contributed by atoms with van der Waals surface area (Å²) in [5.74, 6) is 0.554. The highest BCUT2D eigenvalue weighted by atomic mass is 35.5. The SMILES string of the molecule is Cn1c(CCC(=O)NCC(C)(C)c2ccc(F)cc2)nc2cc(Cl)ccc21. The molecule has 0 aliphatic rings. The zero-order valence-electron chi connectivity index (χ0n) is 15.7. The second-order valence-electron chi connectivity index (χ2n) is 7.39. The van der Waals surface area contributed by atoms with E-state index in [1.54, 1.807) is 12.1 Å². The second-order valence-corrected chi connectivity index (χ2v) is 7.82. The maximum absolute atomic E-state index is 13.1. The Bertz CT molecular complexity index is 963. The quantitative estimate of drug-likeness (QED) is 0.681. The number of hydrogen-bond acceptors (Lipinski definition) is 2. The Morgan fingerprint density at radius 3 is 2.63 bits per heavy atom. The lowest BCUT2D eigenvalue weighted by atomic mass is 9.84. The minimum atomic E-state index is -0.280. The molecular formula is C21H23ClFN3O. The van der Waals surface area contributed by atoms with Crippen molar-refractivity contribution in [1.29, 1.82) is 0 Å². The fourth-order valence-electron chi connectivity index (χ4n) is 3.08. The summed E-state index contributed by atoms with van der Waals surface area (Å²) in [5.41, 5.74) is 2.53. The zero-order valence-corrected chi connectivity index (χ0v) is 16.5. The van der Waals surface area contributed by atoms with Gasteiger partial charge in [-0.2, -0.15) is 0 Å². The van der Waals surface area contributed by atoms with E-state index in [1.165, 1.54) is 12.1 Å². The van der Waals surface area contributed by atoms with Crippen LogP contribution in [-0.2, 0) is 23.7 Å². The number of carbonyl (C=O) groups excluding carboxylic acids is 1. The van der Waals surface area contributed by atoms with E-state index >= 15 is 0 Å². The van der Waals surface area contributed by atoms with Crippen LogP contribution < -0.4 is 5.32 Å². The van der Waals surface area contributed by atoms with Crippen LogP contribution in [-0.4, -0.2) is 22.0 Å². The summed E-state index contributed by atoms with van der Waals surface area (Å²) in [4.78, 5) is 16.9. The number of aryl methyl sites for hydroxylation is 2. The lowest BCUT2D eigenvalue weighted by Crippen LogP contribution is -2.36. The first-order chi connectivity index (χ1) is 12.8. The van der Waals surface area contributed by atoms with Gasteiger partial charge in [0, 0.05) is 36.9 Å². The fourth-order valence-corrected chi connectivity index (χ4v) is 3.25. The summed E-state index contributed by atoms with van der Waals surface area (Å²) in [6, 6.07) is 12.0. The van der Waals surface area contributed by atoms with Gasteiger partial charge in [-0.25, -0.2) is 9.37 Å². The van der Waals surface area contributed by atoms with Crippen LogP contribution in [0.2, 0.25) is 5.02 Å². The molecule has 3 rings (SSSR count). The minimum Gasteiger partial charge on any atom is -0.355 e. The van der Waals surface area contributed by atoms with E-state index < -0.39 is 0 Å². The summed E-state index contributed by atoms with van der Waals surface area (Å²) in [5, 5.41) is 3.62. The molecule has 2 aromatic carbocycles. The molecule has 4 nitrogen and oxygen atoms in total. The van der Waals surface area contributed by atoms with Gasteiger partial charge in [0.25, 0.3) is 0 Å². The predicted octanol–water partition coefficient (Wildman–Crippen LogP) is 4.39. The number of carbonyl (C=O) groups is 1. The van der Waals surface area contributed by atoms with Gasteiger partial charge in [0.05, 0.1) is 11.0 Å². The Morgan fingerprint density at radius 1 is 1.22 bits per heavy atom. The van der Waals surface area contributed by atoms with Crippen LogP contribution in [0, 0.1) is 5.82 Å². The first-order valence-corrected chi connectivity index (χ1v) is 9.28. The van der Waals surface area contributed by atoms with Crippen molar-refractivity contribution in [2.24, 2.45) is 7.05 Å². The highest BCUT2D eigenvalue weighted by molar-refractivity contribution is 6.31. The fraction of sp³-hybridized carbons (Fsp3) is 0.333. The van der Waals surface area contributed by atoms with E-state index in [-0.39, 0.29) is 17.1 Å². The van der Waals surface area contributed by atoms with Gasteiger partial charge in [0.2, 0.25) is 5.91 Å². The number of hydrogen-bond donors (Lipinski definition) is 1. The standard InChI is InChI=1S/C21H23ClFN3O/c1-21(2,14-4-7-16(23)8-5-14)13-24-20(27)11-10-19-25-17-12-15(22)6-9-18(17)26(19)3/h4-9,12H,10-11,13H2,1-3H3,(H,24,27). The smallest absolute Gasteiger partial charge is 0.220 e. The minimum absolute atomic E-state index is 0.0322. The molecule has 1 amide bonds. The number of amides is 1. The van der Waals surface area contributed by atoms with Gasteiger partial charge in [-0.05, 0) is 35.9 Å². The van der Waals surface area contributed by atoms with Crippen LogP contribution in [0.5, 0.6) is 0 Å². The second kappa shape index (κ2) is 7.69. The summed E-state index contributed by atoms with van der Waals surface area (Å²) in [6.45, 7) is 4.53. The topological polar surface area (TPSA) is 46.9 Å². The van der Waals surface area contributed by atoms with Crippen molar-refractivity contribution in [2.75, 3.05) is 6.54 Å². The van der Waals surface area contributed by atoms with Crippen LogP contribution in [0.25, 0.3) is 11.0 Å². The summed E-state index contributed by atoms with van der Waals surface area (Å²) >= 11 is 6.02. The Hall–Kier alpha value is -2.40. The molecule has 0 saturated carbocycles. The Kier molecular flexibility index (Phi) is 5.51. The lowest BCUT2D eigenvalue weighted by molar-refractivity contribution is -0.121. The molecule has 1 heterocycles. The van der Waals surface area contributed by atoms with E-state index in [9.17, 15) is 9.18 Å². The van der Waals surface area contributed by atoms with Crippen molar-refractivity contribution in [1.82, 2.24) is 14.9 Å². The van der Waals surface area contributed by atoms with Crippen molar-refractivity contribution in [3.63, 3.8) is 0 Å². The highest BCUT2D eigenvalue weighted by Crippen LogP contribution is 2.23. The Labute approximate surface area is 163 Å². The number of nitrogens with one attached hydrogen (secondary N) is 1. The van der Waals surface area contributed by atoms with E-state index in [4.69, 9.17) is 11.6 Å². The average molecular weight is 388 g/mol. The molecule has 142 valence electrons. The molecule has 0 unspecified atom stereocenters. The monoisotopic (exact) mass is 387 g/mol. The van der Waals surface area contributed by atoms with Gasteiger partial charge in [0.1, 0.15) is 11.6 Å². The van der Waals surface area contributed by atoms with Crippen molar-refractivity contribution in [2.45, 2.75) is 32.1 Å². The number of nitrogens with zero attached hydrogens (tertiary/aromatic N) is 2. The third-order valence-electron chi connectivity index (χ3n) is 4.86. The maximum atomic E-state index is 13.1. The number of halogens is 2. The number of rotatable bonds is 6. The maximum Gasteiger partial charge on any atom is 0.220 e. The van der Waals surface area contributed by atoms with Crippen LogP contribution in [0.4, 0.5) is 4.39 Å². The molecule has 0 aliphatic heterocycles. The number of benzene rings is 2. The van der Waals surface area contributed by atoms with E-state index in [2.05, 4.69) is 10.3 Å². The van der Waals surface area contributed by atoms with Gasteiger partial charge >= 0.3 is 0 Å². The van der Waals surface area contributed by atoms with Crippen LogP contribution in [0.15, 0.2) is 42.5 Å². The number of fused-ring (bicyclic) bond motifs is 1. The van der Waals surface area contributed by atoms with Crippen LogP contribution >= 0.6 is 11.6 Å². The molecule has 0 spiro atoms. The van der Waals surface area contributed by atoms with E-state index in [0.717, 1.165) is 22.4 Å². The average Bonchev–Trinajstić information content (AvgIpc) is 2.93. The van der Waals surface area contributed by atoms with Crippen molar-refractivity contribution in [3.05, 3.63) is 64.7 Å².